The first-order valence-corrected chi connectivity index (χ1v) is 8.91. The van der Waals surface area contributed by atoms with Crippen LogP contribution in [0.5, 0.6) is 0 Å². The molecule has 22 heavy (non-hydrogen) atoms. The van der Waals surface area contributed by atoms with Crippen LogP contribution in [0.3, 0.4) is 0 Å². The van der Waals surface area contributed by atoms with Crippen molar-refractivity contribution in [3.63, 3.8) is 0 Å². The molecule has 1 saturated carbocycles. The third kappa shape index (κ3) is 4.80. The van der Waals surface area contributed by atoms with Crippen molar-refractivity contribution in [2.24, 2.45) is 5.92 Å². The Balaban J connectivity index is 1.94. The van der Waals surface area contributed by atoms with Crippen molar-refractivity contribution < 1.29 is 22.3 Å². The number of benzene rings is 1. The SMILES string of the molecule is CC(Cc1ccc(C[SH](=O)=O)c(F)c1)C(=O)OC1CCCC1. The summed E-state index contributed by atoms with van der Waals surface area (Å²) in [5, 5.41) is 0. The van der Waals surface area contributed by atoms with Crippen LogP contribution in [0.1, 0.15) is 43.7 Å². The van der Waals surface area contributed by atoms with Gasteiger partial charge in [0.2, 0.25) is 0 Å². The molecule has 1 atom stereocenters. The number of rotatable bonds is 6. The molecule has 1 aliphatic carbocycles. The van der Waals surface area contributed by atoms with Crippen LogP contribution in [-0.4, -0.2) is 20.5 Å². The second-order valence-corrected chi connectivity index (χ2v) is 6.85. The van der Waals surface area contributed by atoms with Crippen molar-refractivity contribution in [2.45, 2.75) is 50.9 Å². The van der Waals surface area contributed by atoms with Gasteiger partial charge in [-0.15, -0.1) is 0 Å². The summed E-state index contributed by atoms with van der Waals surface area (Å²) in [6, 6.07) is 4.43. The molecule has 0 amide bonds. The van der Waals surface area contributed by atoms with Gasteiger partial charge in [0.15, 0.2) is 0 Å². The highest BCUT2D eigenvalue weighted by molar-refractivity contribution is 7.71. The number of carbonyl (C=O) groups is 1. The molecule has 0 bridgehead atoms. The predicted molar refractivity (Wildman–Crippen MR) is 81.6 cm³/mol. The zero-order chi connectivity index (χ0) is 16.1. The molecule has 1 aromatic carbocycles. The zero-order valence-corrected chi connectivity index (χ0v) is 13.5. The Morgan fingerprint density at radius 1 is 1.36 bits per heavy atom. The molecule has 2 rings (SSSR count). The van der Waals surface area contributed by atoms with Gasteiger partial charge in [-0.1, -0.05) is 19.1 Å². The Bertz CT molecular complexity index is 598. The summed E-state index contributed by atoms with van der Waals surface area (Å²) >= 11 is 0. The highest BCUT2D eigenvalue weighted by Gasteiger charge is 2.23. The van der Waals surface area contributed by atoms with E-state index >= 15 is 0 Å². The van der Waals surface area contributed by atoms with Crippen LogP contribution in [0.15, 0.2) is 18.2 Å². The summed E-state index contributed by atoms with van der Waals surface area (Å²) in [7, 11) is -2.65. The topological polar surface area (TPSA) is 60.4 Å². The minimum Gasteiger partial charge on any atom is -0.462 e. The van der Waals surface area contributed by atoms with Gasteiger partial charge in [0.1, 0.15) is 22.6 Å². The third-order valence-corrected chi connectivity index (χ3v) is 4.55. The summed E-state index contributed by atoms with van der Waals surface area (Å²) in [5.74, 6) is -1.45. The summed E-state index contributed by atoms with van der Waals surface area (Å²) in [5.41, 5.74) is 0.819. The van der Waals surface area contributed by atoms with Gasteiger partial charge < -0.3 is 4.74 Å². The van der Waals surface area contributed by atoms with E-state index in [2.05, 4.69) is 0 Å². The van der Waals surface area contributed by atoms with E-state index in [1.54, 1.807) is 13.0 Å². The smallest absolute Gasteiger partial charge is 0.309 e. The molecule has 122 valence electrons. The molecular formula is C16H21FO4S. The largest absolute Gasteiger partial charge is 0.462 e. The van der Waals surface area contributed by atoms with Gasteiger partial charge in [0, 0.05) is 5.56 Å². The molecule has 4 nitrogen and oxygen atoms in total. The van der Waals surface area contributed by atoms with Crippen molar-refractivity contribution in [3.05, 3.63) is 35.1 Å². The van der Waals surface area contributed by atoms with E-state index in [9.17, 15) is 17.6 Å². The van der Waals surface area contributed by atoms with E-state index < -0.39 is 16.5 Å². The Hall–Kier alpha value is -1.43. The lowest BCUT2D eigenvalue weighted by atomic mass is 10.00. The van der Waals surface area contributed by atoms with Gasteiger partial charge in [-0.3, -0.25) is 4.79 Å². The lowest BCUT2D eigenvalue weighted by Gasteiger charge is -2.16. The fraction of sp³-hybridized carbons (Fsp3) is 0.562. The van der Waals surface area contributed by atoms with E-state index in [4.69, 9.17) is 4.74 Å². The zero-order valence-electron chi connectivity index (χ0n) is 12.6. The number of ether oxygens (including phenoxy) is 1. The van der Waals surface area contributed by atoms with Crippen LogP contribution in [0, 0.1) is 11.7 Å². The number of carbonyl (C=O) groups excluding carboxylic acids is 1. The normalized spacial score (nSPS) is 16.9. The summed E-state index contributed by atoms with van der Waals surface area (Å²) in [4.78, 5) is 12.0. The number of hydrogen-bond acceptors (Lipinski definition) is 4. The van der Waals surface area contributed by atoms with Crippen molar-refractivity contribution >= 4 is 16.7 Å². The van der Waals surface area contributed by atoms with Gasteiger partial charge >= 0.3 is 5.97 Å². The molecule has 1 fully saturated rings. The van der Waals surface area contributed by atoms with E-state index in [0.29, 0.717) is 12.0 Å². The van der Waals surface area contributed by atoms with Crippen LogP contribution in [0.25, 0.3) is 0 Å². The molecule has 1 aromatic rings. The lowest BCUT2D eigenvalue weighted by Crippen LogP contribution is -2.22. The van der Waals surface area contributed by atoms with Crippen LogP contribution in [0.2, 0.25) is 0 Å². The van der Waals surface area contributed by atoms with Crippen molar-refractivity contribution in [1.82, 2.24) is 0 Å². The van der Waals surface area contributed by atoms with Gasteiger partial charge in [-0.05, 0) is 43.7 Å². The highest BCUT2D eigenvalue weighted by Crippen LogP contribution is 2.23. The first-order chi connectivity index (χ1) is 10.5. The van der Waals surface area contributed by atoms with Crippen molar-refractivity contribution in [3.8, 4) is 0 Å². The summed E-state index contributed by atoms with van der Waals surface area (Å²) in [6.07, 6.45) is 4.46. The Morgan fingerprint density at radius 3 is 2.64 bits per heavy atom. The third-order valence-electron chi connectivity index (χ3n) is 3.95. The van der Waals surface area contributed by atoms with Crippen LogP contribution >= 0.6 is 0 Å². The maximum absolute atomic E-state index is 13.8. The summed E-state index contributed by atoms with van der Waals surface area (Å²) in [6.45, 7) is 1.76. The molecule has 1 aliphatic rings. The number of esters is 1. The molecular weight excluding hydrogens is 307 g/mol. The molecule has 0 aliphatic heterocycles. The molecule has 0 saturated heterocycles. The van der Waals surface area contributed by atoms with Crippen molar-refractivity contribution in [1.29, 1.82) is 0 Å². The lowest BCUT2D eigenvalue weighted by molar-refractivity contribution is -0.153. The van der Waals surface area contributed by atoms with E-state index in [1.807, 2.05) is 0 Å². The highest BCUT2D eigenvalue weighted by atomic mass is 32.2. The molecule has 0 N–H and O–H groups in total. The second-order valence-electron chi connectivity index (χ2n) is 5.87. The van der Waals surface area contributed by atoms with Crippen molar-refractivity contribution in [2.75, 3.05) is 0 Å². The Morgan fingerprint density at radius 2 is 2.05 bits per heavy atom. The molecule has 0 spiro atoms. The van der Waals surface area contributed by atoms with E-state index in [1.165, 1.54) is 12.1 Å². The predicted octanol–water partition coefficient (Wildman–Crippen LogP) is 2.60. The molecule has 6 heteroatoms. The standard InChI is InChI=1S/C16H21FO4S/c1-11(16(18)21-14-4-2-3-5-14)8-12-6-7-13(10-22(19)20)15(17)9-12/h6-7,9,11,14,22H,2-5,8,10H2,1H3. The number of halogens is 1. The van der Waals surface area contributed by atoms with Gasteiger partial charge in [-0.25, -0.2) is 12.8 Å². The first-order valence-electron chi connectivity index (χ1n) is 7.55. The number of thiol groups is 1. The summed E-state index contributed by atoms with van der Waals surface area (Å²) < 4.78 is 40.5. The van der Waals surface area contributed by atoms with Gasteiger partial charge in [0.25, 0.3) is 0 Å². The minimum absolute atomic E-state index is 0.0300. The van der Waals surface area contributed by atoms with Gasteiger partial charge in [0.05, 0.1) is 11.7 Å². The van der Waals surface area contributed by atoms with Crippen LogP contribution in [0.4, 0.5) is 4.39 Å². The fourth-order valence-electron chi connectivity index (χ4n) is 2.71. The quantitative estimate of drug-likeness (QED) is 0.644. The minimum atomic E-state index is -2.65. The first kappa shape index (κ1) is 16.9. The average Bonchev–Trinajstić information content (AvgIpc) is 2.94. The van der Waals surface area contributed by atoms with E-state index in [-0.39, 0.29) is 29.3 Å². The molecule has 1 unspecified atom stereocenters. The fourth-order valence-corrected chi connectivity index (χ4v) is 3.24. The van der Waals surface area contributed by atoms with Gasteiger partial charge in [-0.2, -0.15) is 0 Å². The maximum Gasteiger partial charge on any atom is 0.309 e. The average molecular weight is 328 g/mol. The Kier molecular flexibility index (Phi) is 5.94. The Labute approximate surface area is 131 Å². The molecule has 0 aromatic heterocycles. The number of hydrogen-bond donors (Lipinski definition) is 1. The van der Waals surface area contributed by atoms with E-state index in [0.717, 1.165) is 25.7 Å². The monoisotopic (exact) mass is 328 g/mol. The second kappa shape index (κ2) is 7.72. The van der Waals surface area contributed by atoms with Crippen LogP contribution < -0.4 is 0 Å². The molecule has 0 radical (unpaired) electrons. The van der Waals surface area contributed by atoms with Crippen LogP contribution in [-0.2, 0) is 32.4 Å². The molecule has 0 heterocycles. The maximum atomic E-state index is 13.8.